The highest BCUT2D eigenvalue weighted by molar-refractivity contribution is 7.89. The van der Waals surface area contributed by atoms with Crippen molar-refractivity contribution in [2.24, 2.45) is 0 Å². The number of hydrogen-bond acceptors (Lipinski definition) is 3. The largest absolute Gasteiger partial charge is 0.389 e. The Kier molecular flexibility index (Phi) is 5.29. The molecule has 0 saturated heterocycles. The number of benzene rings is 1. The van der Waals surface area contributed by atoms with Gasteiger partial charge in [0.1, 0.15) is 0 Å². The van der Waals surface area contributed by atoms with E-state index in [1.165, 1.54) is 11.4 Å². The van der Waals surface area contributed by atoms with E-state index >= 15 is 0 Å². The van der Waals surface area contributed by atoms with Gasteiger partial charge in [-0.15, -0.1) is 0 Å². The monoisotopic (exact) mass is 283 g/mol. The van der Waals surface area contributed by atoms with E-state index in [0.717, 1.165) is 5.56 Å². The van der Waals surface area contributed by atoms with Gasteiger partial charge in [-0.1, -0.05) is 29.8 Å². The van der Waals surface area contributed by atoms with Crippen molar-refractivity contribution in [2.75, 3.05) is 7.05 Å². The van der Waals surface area contributed by atoms with E-state index in [0.29, 0.717) is 0 Å². The SMILES string of the molecule is Cc1ccc(S(=O)(=O)N(C)[C@H](C)/C=C/[C@H](C)O)cc1. The third-order valence-corrected chi connectivity index (χ3v) is 4.90. The smallest absolute Gasteiger partial charge is 0.243 e. The third-order valence-electron chi connectivity index (χ3n) is 2.94. The molecule has 1 aromatic rings. The normalized spacial score (nSPS) is 15.9. The first kappa shape index (κ1) is 15.9. The predicted molar refractivity (Wildman–Crippen MR) is 76.4 cm³/mol. The van der Waals surface area contributed by atoms with Crippen LogP contribution in [0.25, 0.3) is 0 Å². The average Bonchev–Trinajstić information content (AvgIpc) is 2.35. The molecule has 0 radical (unpaired) electrons. The second-order valence-electron chi connectivity index (χ2n) is 4.70. The van der Waals surface area contributed by atoms with E-state index < -0.39 is 16.1 Å². The number of hydrogen-bond donors (Lipinski definition) is 1. The minimum absolute atomic E-state index is 0.276. The average molecular weight is 283 g/mol. The van der Waals surface area contributed by atoms with Crippen molar-refractivity contribution in [2.45, 2.75) is 37.8 Å². The highest BCUT2D eigenvalue weighted by Crippen LogP contribution is 2.17. The maximum atomic E-state index is 12.4. The molecule has 1 rings (SSSR count). The third kappa shape index (κ3) is 4.16. The van der Waals surface area contributed by atoms with Gasteiger partial charge in [0.25, 0.3) is 0 Å². The number of aliphatic hydroxyl groups excluding tert-OH is 1. The van der Waals surface area contributed by atoms with Crippen LogP contribution >= 0.6 is 0 Å². The van der Waals surface area contributed by atoms with Crippen molar-refractivity contribution in [3.05, 3.63) is 42.0 Å². The molecule has 1 aromatic carbocycles. The van der Waals surface area contributed by atoms with Crippen molar-refractivity contribution < 1.29 is 13.5 Å². The van der Waals surface area contributed by atoms with Crippen molar-refractivity contribution >= 4 is 10.0 Å². The standard InChI is InChI=1S/C14H21NO3S/c1-11-5-9-14(10-6-11)19(17,18)15(4)12(2)7-8-13(3)16/h5-10,12-13,16H,1-4H3/b8-7+/t12-,13+/m1/s1. The maximum absolute atomic E-state index is 12.4. The molecule has 1 N–H and O–H groups in total. The fourth-order valence-corrected chi connectivity index (χ4v) is 2.86. The van der Waals surface area contributed by atoms with Gasteiger partial charge in [0, 0.05) is 13.1 Å². The Hall–Kier alpha value is -1.17. The second-order valence-corrected chi connectivity index (χ2v) is 6.70. The van der Waals surface area contributed by atoms with E-state index in [1.807, 2.05) is 6.92 Å². The summed E-state index contributed by atoms with van der Waals surface area (Å²) in [5.74, 6) is 0. The number of sulfonamides is 1. The lowest BCUT2D eigenvalue weighted by atomic mass is 10.2. The lowest BCUT2D eigenvalue weighted by Gasteiger charge is -2.22. The number of likely N-dealkylation sites (N-methyl/N-ethyl adjacent to an activating group) is 1. The molecule has 0 aliphatic heterocycles. The van der Waals surface area contributed by atoms with Gasteiger partial charge in [-0.05, 0) is 32.9 Å². The van der Waals surface area contributed by atoms with Gasteiger partial charge >= 0.3 is 0 Å². The molecule has 106 valence electrons. The van der Waals surface area contributed by atoms with Gasteiger partial charge in [-0.2, -0.15) is 4.31 Å². The van der Waals surface area contributed by atoms with Crippen LogP contribution in [0.15, 0.2) is 41.3 Å². The molecular formula is C14H21NO3S. The summed E-state index contributed by atoms with van der Waals surface area (Å²) in [6.07, 6.45) is 2.67. The molecule has 0 amide bonds. The summed E-state index contributed by atoms with van der Waals surface area (Å²) in [5, 5.41) is 9.18. The van der Waals surface area contributed by atoms with Crippen LogP contribution < -0.4 is 0 Å². The zero-order valence-electron chi connectivity index (χ0n) is 11.7. The quantitative estimate of drug-likeness (QED) is 0.840. The molecule has 2 atom stereocenters. The lowest BCUT2D eigenvalue weighted by Crippen LogP contribution is -2.34. The molecule has 0 bridgehead atoms. The zero-order valence-corrected chi connectivity index (χ0v) is 12.6. The first-order valence-electron chi connectivity index (χ1n) is 6.16. The maximum Gasteiger partial charge on any atom is 0.243 e. The first-order valence-corrected chi connectivity index (χ1v) is 7.60. The number of nitrogens with zero attached hydrogens (tertiary/aromatic N) is 1. The number of aryl methyl sites for hydroxylation is 1. The van der Waals surface area contributed by atoms with Gasteiger partial charge in [0.05, 0.1) is 11.0 Å². The molecule has 0 aliphatic rings. The van der Waals surface area contributed by atoms with Gasteiger partial charge in [-0.25, -0.2) is 8.42 Å². The molecule has 0 fully saturated rings. The van der Waals surface area contributed by atoms with Crippen LogP contribution in [0.4, 0.5) is 0 Å². The first-order chi connectivity index (χ1) is 8.75. The second kappa shape index (κ2) is 6.32. The summed E-state index contributed by atoms with van der Waals surface area (Å²) < 4.78 is 26.0. The van der Waals surface area contributed by atoms with Crippen molar-refractivity contribution in [3.63, 3.8) is 0 Å². The Morgan fingerprint density at radius 3 is 2.16 bits per heavy atom. The zero-order chi connectivity index (χ0) is 14.6. The Labute approximate surface area is 115 Å². The number of rotatable bonds is 5. The molecule has 0 unspecified atom stereocenters. The summed E-state index contributed by atoms with van der Waals surface area (Å²) in [6, 6.07) is 6.44. The minimum atomic E-state index is -3.50. The fraction of sp³-hybridized carbons (Fsp3) is 0.429. The highest BCUT2D eigenvalue weighted by atomic mass is 32.2. The Morgan fingerprint density at radius 1 is 1.16 bits per heavy atom. The van der Waals surface area contributed by atoms with Gasteiger partial charge < -0.3 is 5.11 Å². The fourth-order valence-electron chi connectivity index (χ4n) is 1.54. The van der Waals surface area contributed by atoms with Crippen LogP contribution in [-0.2, 0) is 10.0 Å². The van der Waals surface area contributed by atoms with Crippen LogP contribution in [0, 0.1) is 6.92 Å². The highest BCUT2D eigenvalue weighted by Gasteiger charge is 2.23. The molecule has 0 heterocycles. The number of aliphatic hydroxyl groups is 1. The lowest BCUT2D eigenvalue weighted by molar-refractivity contribution is 0.243. The molecule has 0 aromatic heterocycles. The predicted octanol–water partition coefficient (Wildman–Crippen LogP) is 1.94. The van der Waals surface area contributed by atoms with E-state index in [2.05, 4.69) is 0 Å². The van der Waals surface area contributed by atoms with E-state index in [1.54, 1.807) is 50.3 Å². The Balaban J connectivity index is 2.96. The van der Waals surface area contributed by atoms with Crippen molar-refractivity contribution in [1.82, 2.24) is 4.31 Å². The van der Waals surface area contributed by atoms with Crippen LogP contribution in [0.5, 0.6) is 0 Å². The topological polar surface area (TPSA) is 57.6 Å². The van der Waals surface area contributed by atoms with Crippen molar-refractivity contribution in [3.8, 4) is 0 Å². The Bertz CT molecular complexity index is 532. The van der Waals surface area contributed by atoms with E-state index in [9.17, 15) is 13.5 Å². The van der Waals surface area contributed by atoms with Crippen LogP contribution in [0.2, 0.25) is 0 Å². The summed E-state index contributed by atoms with van der Waals surface area (Å²) in [4.78, 5) is 0.276. The Morgan fingerprint density at radius 2 is 1.68 bits per heavy atom. The van der Waals surface area contributed by atoms with Crippen LogP contribution in [0.1, 0.15) is 19.4 Å². The summed E-state index contributed by atoms with van der Waals surface area (Å²) in [7, 11) is -1.97. The van der Waals surface area contributed by atoms with Gasteiger partial charge in [-0.3, -0.25) is 0 Å². The van der Waals surface area contributed by atoms with Crippen LogP contribution in [-0.4, -0.2) is 37.0 Å². The molecule has 0 aliphatic carbocycles. The van der Waals surface area contributed by atoms with Gasteiger partial charge in [0.15, 0.2) is 0 Å². The molecule has 5 heteroatoms. The molecule has 0 spiro atoms. The van der Waals surface area contributed by atoms with E-state index in [-0.39, 0.29) is 10.9 Å². The van der Waals surface area contributed by atoms with E-state index in [4.69, 9.17) is 0 Å². The van der Waals surface area contributed by atoms with Crippen LogP contribution in [0.3, 0.4) is 0 Å². The summed E-state index contributed by atoms with van der Waals surface area (Å²) in [6.45, 7) is 5.30. The van der Waals surface area contributed by atoms with Crippen molar-refractivity contribution in [1.29, 1.82) is 0 Å². The molecule has 19 heavy (non-hydrogen) atoms. The summed E-state index contributed by atoms with van der Waals surface area (Å²) >= 11 is 0. The summed E-state index contributed by atoms with van der Waals surface area (Å²) in [5.41, 5.74) is 1.02. The molecule has 0 saturated carbocycles. The minimum Gasteiger partial charge on any atom is -0.389 e. The molecular weight excluding hydrogens is 262 g/mol. The van der Waals surface area contributed by atoms with Gasteiger partial charge in [0.2, 0.25) is 10.0 Å². The molecule has 4 nitrogen and oxygen atoms in total.